The van der Waals surface area contributed by atoms with E-state index in [0.29, 0.717) is 0 Å². The van der Waals surface area contributed by atoms with Gasteiger partial charge in [0.15, 0.2) is 0 Å². The number of halogens is 2. The smallest absolute Gasteiger partial charge is 1.00 e. The Balaban J connectivity index is 0. The maximum atomic E-state index is 6.59. The standard InChI is InChI=1S/2C20H31OSi.2ClH.2Ti/c2*1-8-21-20(22(6,7)17-11-9-10-12-17)14-13-16(2)15-18(20)19(3,4)5;;;;/h2*9,11,13,15H,8,10,14H2,1-7H3;2*1H;;/q2*-1;;;2*+2/p-2. The van der Waals surface area contributed by atoms with Crippen molar-refractivity contribution in [3.8, 4) is 0 Å². The molecule has 48 heavy (non-hydrogen) atoms. The molecule has 4 rings (SSSR count). The van der Waals surface area contributed by atoms with Gasteiger partial charge in [-0.3, -0.25) is 12.2 Å². The normalized spacial score (nSPS) is 23.7. The maximum Gasteiger partial charge on any atom is 2.00 e. The van der Waals surface area contributed by atoms with E-state index >= 15 is 0 Å². The van der Waals surface area contributed by atoms with Gasteiger partial charge in [0.2, 0.25) is 0 Å². The van der Waals surface area contributed by atoms with Crippen molar-refractivity contribution in [2.75, 3.05) is 13.2 Å². The van der Waals surface area contributed by atoms with Crippen LogP contribution in [0.15, 0.2) is 81.3 Å². The molecule has 8 heteroatoms. The first-order valence-corrected chi connectivity index (χ1v) is 22.9. The van der Waals surface area contributed by atoms with E-state index in [1.54, 1.807) is 0 Å². The van der Waals surface area contributed by atoms with E-state index in [-0.39, 0.29) is 89.5 Å². The van der Waals surface area contributed by atoms with Crippen LogP contribution < -0.4 is 24.8 Å². The van der Waals surface area contributed by atoms with Crippen LogP contribution >= 0.6 is 0 Å². The fourth-order valence-corrected chi connectivity index (χ4v) is 15.2. The average molecular weight is 798 g/mol. The summed E-state index contributed by atoms with van der Waals surface area (Å²) in [6.45, 7) is 33.9. The quantitative estimate of drug-likeness (QED) is 0.251. The SMILES string of the molecule is CCOC1([Si](C)(C)C2=[C-]CC=C2)CC=C(C)C=C1C(C)(C)C.CCOC1([Si](C)(C)C2=[C-]CC=C2)CC=C(C)C=C1C(C)(C)C.[Cl-].[Cl-].[Ti+2].[Ti+2]. The molecule has 2 unspecified atom stereocenters. The van der Waals surface area contributed by atoms with Crippen LogP contribution in [0.2, 0.25) is 26.2 Å². The predicted octanol–water partition coefficient (Wildman–Crippen LogP) is 5.12. The summed E-state index contributed by atoms with van der Waals surface area (Å²) < 4.78 is 13.2. The third kappa shape index (κ3) is 10.2. The van der Waals surface area contributed by atoms with Crippen molar-refractivity contribution < 1.29 is 77.7 Å². The van der Waals surface area contributed by atoms with Gasteiger partial charge in [0, 0.05) is 13.2 Å². The molecule has 0 aromatic heterocycles. The molecule has 0 aromatic carbocycles. The first-order chi connectivity index (χ1) is 20.3. The van der Waals surface area contributed by atoms with Gasteiger partial charge in [0.1, 0.15) is 0 Å². The van der Waals surface area contributed by atoms with E-state index < -0.39 is 16.1 Å². The predicted molar refractivity (Wildman–Crippen MR) is 197 cm³/mol. The van der Waals surface area contributed by atoms with E-state index in [1.807, 2.05) is 0 Å². The molecule has 264 valence electrons. The number of allylic oxidation sites excluding steroid dienone is 12. The minimum Gasteiger partial charge on any atom is -1.00 e. The van der Waals surface area contributed by atoms with Crippen LogP contribution in [0.1, 0.15) is 94.9 Å². The summed E-state index contributed by atoms with van der Waals surface area (Å²) >= 11 is 0. The average Bonchev–Trinajstić information content (AvgIpc) is 3.66. The molecule has 0 spiro atoms. The first-order valence-electron chi connectivity index (χ1n) is 16.9. The Kier molecular flexibility index (Phi) is 20.4. The fraction of sp³-hybridized carbons (Fsp3) is 0.600. The summed E-state index contributed by atoms with van der Waals surface area (Å²) in [5.74, 6) is 0. The van der Waals surface area contributed by atoms with Gasteiger partial charge in [-0.15, -0.1) is 12.8 Å². The van der Waals surface area contributed by atoms with Crippen molar-refractivity contribution in [1.29, 1.82) is 0 Å². The zero-order valence-electron chi connectivity index (χ0n) is 32.4. The molecule has 0 heterocycles. The number of ether oxygens (including phenoxy) is 2. The molecule has 0 N–H and O–H groups in total. The van der Waals surface area contributed by atoms with Gasteiger partial charge in [-0.25, -0.2) is 22.5 Å². The second kappa shape index (κ2) is 19.4. The number of hydrogen-bond donors (Lipinski definition) is 0. The van der Waals surface area contributed by atoms with Crippen LogP contribution in [0, 0.1) is 23.0 Å². The van der Waals surface area contributed by atoms with Crippen molar-refractivity contribution >= 4 is 16.1 Å². The van der Waals surface area contributed by atoms with E-state index in [2.05, 4.69) is 156 Å². The molecule has 0 aliphatic heterocycles. The van der Waals surface area contributed by atoms with Crippen LogP contribution in [0.4, 0.5) is 0 Å². The zero-order valence-corrected chi connectivity index (χ0v) is 39.1. The Morgan fingerprint density at radius 1 is 0.646 bits per heavy atom. The molecule has 0 bridgehead atoms. The summed E-state index contributed by atoms with van der Waals surface area (Å²) in [5, 5.41) is 2.53. The van der Waals surface area contributed by atoms with Crippen molar-refractivity contribution in [1.82, 2.24) is 0 Å². The summed E-state index contributed by atoms with van der Waals surface area (Å²) in [6.07, 6.45) is 29.6. The van der Waals surface area contributed by atoms with Gasteiger partial charge in [-0.2, -0.15) is 12.2 Å². The maximum absolute atomic E-state index is 6.59. The van der Waals surface area contributed by atoms with Crippen molar-refractivity contribution in [2.24, 2.45) is 10.8 Å². The van der Waals surface area contributed by atoms with E-state index in [9.17, 15) is 0 Å². The molecule has 4 aliphatic carbocycles. The van der Waals surface area contributed by atoms with E-state index in [1.165, 1.54) is 32.7 Å². The van der Waals surface area contributed by atoms with Crippen LogP contribution in [0.3, 0.4) is 0 Å². The van der Waals surface area contributed by atoms with Crippen LogP contribution in [0.25, 0.3) is 0 Å². The van der Waals surface area contributed by atoms with E-state index in [4.69, 9.17) is 9.47 Å². The number of hydrogen-bond acceptors (Lipinski definition) is 2. The van der Waals surface area contributed by atoms with Crippen molar-refractivity contribution in [3.63, 3.8) is 0 Å². The topological polar surface area (TPSA) is 18.5 Å². The Bertz CT molecular complexity index is 1240. The van der Waals surface area contributed by atoms with Crippen molar-refractivity contribution in [3.05, 3.63) is 93.4 Å². The third-order valence-electron chi connectivity index (χ3n) is 10.2. The molecular weight excluding hydrogens is 735 g/mol. The Hall–Kier alpha value is 0.282. The molecule has 0 fully saturated rings. The first kappa shape index (κ1) is 50.4. The Morgan fingerprint density at radius 3 is 1.19 bits per heavy atom. The third-order valence-corrected chi connectivity index (χ3v) is 18.8. The molecule has 4 aliphatic rings. The van der Waals surface area contributed by atoms with E-state index in [0.717, 1.165) is 38.9 Å². The van der Waals surface area contributed by atoms with Gasteiger partial charge in [-0.05, 0) is 62.5 Å². The fourth-order valence-electron chi connectivity index (χ4n) is 7.69. The molecule has 0 saturated heterocycles. The minimum absolute atomic E-state index is 0. The van der Waals surface area contributed by atoms with Gasteiger partial charge in [0.05, 0.1) is 26.6 Å². The minimum atomic E-state index is -1.86. The van der Waals surface area contributed by atoms with Crippen LogP contribution in [-0.2, 0) is 52.9 Å². The van der Waals surface area contributed by atoms with Crippen molar-refractivity contribution in [2.45, 2.75) is 132 Å². The molecule has 0 amide bonds. The molecule has 0 saturated carbocycles. The zero-order chi connectivity index (χ0) is 33.2. The molecule has 2 atom stereocenters. The van der Waals surface area contributed by atoms with Crippen LogP contribution in [0.5, 0.6) is 0 Å². The molecule has 2 nitrogen and oxygen atoms in total. The largest absolute Gasteiger partial charge is 2.00 e. The van der Waals surface area contributed by atoms with Gasteiger partial charge >= 0.3 is 43.4 Å². The monoisotopic (exact) mass is 796 g/mol. The Morgan fingerprint density at radius 2 is 0.958 bits per heavy atom. The van der Waals surface area contributed by atoms with Gasteiger partial charge < -0.3 is 34.3 Å². The second-order valence-electron chi connectivity index (χ2n) is 16.1. The second-order valence-corrected chi connectivity index (χ2v) is 25.3. The van der Waals surface area contributed by atoms with Crippen LogP contribution in [-0.4, -0.2) is 39.8 Å². The summed E-state index contributed by atoms with van der Waals surface area (Å²) in [6, 6.07) is 0. The molecular formula is C40H62Cl2O2Si2Ti2. The number of rotatable bonds is 8. The van der Waals surface area contributed by atoms with Gasteiger partial charge in [0.25, 0.3) is 0 Å². The molecule has 0 radical (unpaired) electrons. The summed E-state index contributed by atoms with van der Waals surface area (Å²) in [7, 11) is -3.72. The Labute approximate surface area is 340 Å². The summed E-state index contributed by atoms with van der Waals surface area (Å²) in [4.78, 5) is 0. The summed E-state index contributed by atoms with van der Waals surface area (Å²) in [5.41, 5.74) is 5.88. The molecule has 0 aromatic rings. The van der Waals surface area contributed by atoms with Gasteiger partial charge in [-0.1, -0.05) is 103 Å².